The minimum absolute atomic E-state index is 0.154. The Bertz CT molecular complexity index is 582. The van der Waals surface area contributed by atoms with Crippen LogP contribution in [0.3, 0.4) is 0 Å². The highest BCUT2D eigenvalue weighted by molar-refractivity contribution is 5.76. The van der Waals surface area contributed by atoms with E-state index in [1.54, 1.807) is 0 Å². The number of amides is 1. The fraction of sp³-hybridized carbons (Fsp3) is 0.919. The maximum Gasteiger partial charge on any atom is 0.220 e. The van der Waals surface area contributed by atoms with Crippen molar-refractivity contribution in [2.24, 2.45) is 0 Å². The Balaban J connectivity index is 3.67. The van der Waals surface area contributed by atoms with Gasteiger partial charge in [-0.05, 0) is 38.5 Å². The molecule has 0 saturated carbocycles. The summed E-state index contributed by atoms with van der Waals surface area (Å²) in [6.07, 6.45) is 35.9. The summed E-state index contributed by atoms with van der Waals surface area (Å²) >= 11 is 0. The third kappa shape index (κ3) is 27.9. The molecule has 0 aromatic carbocycles. The van der Waals surface area contributed by atoms with Crippen molar-refractivity contribution >= 4 is 5.91 Å². The van der Waals surface area contributed by atoms with Crippen LogP contribution in [0.25, 0.3) is 0 Å². The number of unbranched alkanes of at least 4 members (excludes halogenated alkanes) is 23. The Hall–Kier alpha value is -0.910. The average molecular weight is 596 g/mol. The Morgan fingerprint density at radius 2 is 0.952 bits per heavy atom. The molecule has 5 nitrogen and oxygen atoms in total. The van der Waals surface area contributed by atoms with Crippen molar-refractivity contribution in [3.05, 3.63) is 12.2 Å². The van der Waals surface area contributed by atoms with Gasteiger partial charge in [0.15, 0.2) is 0 Å². The molecule has 0 aliphatic carbocycles. The number of aliphatic hydroxyl groups is 3. The van der Waals surface area contributed by atoms with Gasteiger partial charge in [0.2, 0.25) is 5.91 Å². The van der Waals surface area contributed by atoms with Crippen molar-refractivity contribution in [3.8, 4) is 0 Å². The number of allylic oxidation sites excluding steroid dienone is 2. The van der Waals surface area contributed by atoms with Gasteiger partial charge >= 0.3 is 0 Å². The standard InChI is InChI=1S/C37H73NO4/c1-3-5-7-9-11-13-15-16-17-18-19-20-21-22-24-26-28-30-32-36(41)38-34(33-39)37(42)35(40)31-29-27-25-23-14-12-10-8-6-4-2/h19-20,34-35,37,39-40,42H,3-18,21-33H2,1-2H3,(H,38,41)/b20-19-. The number of hydrogen-bond acceptors (Lipinski definition) is 4. The fourth-order valence-electron chi connectivity index (χ4n) is 5.68. The molecule has 0 aliphatic rings. The van der Waals surface area contributed by atoms with E-state index in [2.05, 4.69) is 31.3 Å². The van der Waals surface area contributed by atoms with E-state index in [9.17, 15) is 20.1 Å². The van der Waals surface area contributed by atoms with Crippen molar-refractivity contribution < 1.29 is 20.1 Å². The van der Waals surface area contributed by atoms with E-state index >= 15 is 0 Å². The van der Waals surface area contributed by atoms with E-state index in [1.807, 2.05) is 0 Å². The Morgan fingerprint density at radius 3 is 1.38 bits per heavy atom. The van der Waals surface area contributed by atoms with Crippen LogP contribution >= 0.6 is 0 Å². The number of aliphatic hydroxyl groups excluding tert-OH is 3. The summed E-state index contributed by atoms with van der Waals surface area (Å²) in [5, 5.41) is 33.3. The van der Waals surface area contributed by atoms with Crippen LogP contribution in [0.1, 0.15) is 194 Å². The number of hydrogen-bond donors (Lipinski definition) is 4. The molecule has 3 unspecified atom stereocenters. The minimum Gasteiger partial charge on any atom is -0.394 e. The number of nitrogens with one attached hydrogen (secondary N) is 1. The van der Waals surface area contributed by atoms with Crippen LogP contribution in [0.5, 0.6) is 0 Å². The summed E-state index contributed by atoms with van der Waals surface area (Å²) in [5.74, 6) is -0.154. The van der Waals surface area contributed by atoms with E-state index in [0.717, 1.165) is 44.9 Å². The number of carbonyl (C=O) groups is 1. The zero-order valence-electron chi connectivity index (χ0n) is 28.1. The van der Waals surface area contributed by atoms with Crippen LogP contribution < -0.4 is 5.32 Å². The highest BCUT2D eigenvalue weighted by atomic mass is 16.3. The summed E-state index contributed by atoms with van der Waals surface area (Å²) < 4.78 is 0. The van der Waals surface area contributed by atoms with Gasteiger partial charge in [0.05, 0.1) is 18.8 Å². The van der Waals surface area contributed by atoms with Crippen molar-refractivity contribution in [2.45, 2.75) is 212 Å². The summed E-state index contributed by atoms with van der Waals surface area (Å²) in [5.41, 5.74) is 0. The maximum absolute atomic E-state index is 12.3. The van der Waals surface area contributed by atoms with Crippen molar-refractivity contribution in [2.75, 3.05) is 6.61 Å². The molecule has 0 rings (SSSR count). The van der Waals surface area contributed by atoms with Crippen molar-refractivity contribution in [1.29, 1.82) is 0 Å². The van der Waals surface area contributed by atoms with Crippen LogP contribution in [-0.4, -0.2) is 46.1 Å². The third-order valence-corrected chi connectivity index (χ3v) is 8.62. The van der Waals surface area contributed by atoms with E-state index in [-0.39, 0.29) is 12.5 Å². The maximum atomic E-state index is 12.3. The SMILES string of the molecule is CCCCCCCCCCC/C=C\CCCCCCCC(=O)NC(CO)C(O)C(O)CCCCCCCCCCCC. The van der Waals surface area contributed by atoms with Crippen LogP contribution in [0.4, 0.5) is 0 Å². The second-order valence-corrected chi connectivity index (χ2v) is 12.8. The largest absolute Gasteiger partial charge is 0.394 e. The lowest BCUT2D eigenvalue weighted by Gasteiger charge is -2.26. The minimum atomic E-state index is -1.13. The molecular weight excluding hydrogens is 522 g/mol. The van der Waals surface area contributed by atoms with Crippen molar-refractivity contribution in [3.63, 3.8) is 0 Å². The molecule has 5 heteroatoms. The first-order chi connectivity index (χ1) is 20.6. The van der Waals surface area contributed by atoms with E-state index in [0.29, 0.717) is 12.8 Å². The van der Waals surface area contributed by atoms with Crippen LogP contribution in [0.2, 0.25) is 0 Å². The quantitative estimate of drug-likeness (QED) is 0.0449. The predicted octanol–water partition coefficient (Wildman–Crippen LogP) is 9.70. The third-order valence-electron chi connectivity index (χ3n) is 8.62. The molecule has 42 heavy (non-hydrogen) atoms. The zero-order chi connectivity index (χ0) is 30.9. The molecule has 0 aliphatic heterocycles. The highest BCUT2D eigenvalue weighted by Gasteiger charge is 2.26. The first-order valence-electron chi connectivity index (χ1n) is 18.5. The second-order valence-electron chi connectivity index (χ2n) is 12.8. The molecule has 0 aromatic rings. The molecule has 3 atom stereocenters. The van der Waals surface area contributed by atoms with Gasteiger partial charge in [0.1, 0.15) is 6.10 Å². The molecule has 0 bridgehead atoms. The van der Waals surface area contributed by atoms with Crippen molar-refractivity contribution in [1.82, 2.24) is 5.32 Å². The van der Waals surface area contributed by atoms with Crippen LogP contribution in [0.15, 0.2) is 12.2 Å². The van der Waals surface area contributed by atoms with E-state index in [1.165, 1.54) is 122 Å². The van der Waals surface area contributed by atoms with Gasteiger partial charge in [0, 0.05) is 6.42 Å². The Labute approximate surface area is 261 Å². The van der Waals surface area contributed by atoms with E-state index < -0.39 is 18.2 Å². The zero-order valence-corrected chi connectivity index (χ0v) is 28.1. The van der Waals surface area contributed by atoms with E-state index in [4.69, 9.17) is 0 Å². The summed E-state index contributed by atoms with van der Waals surface area (Å²) in [6, 6.07) is -0.807. The van der Waals surface area contributed by atoms with Gasteiger partial charge < -0.3 is 20.6 Å². The topological polar surface area (TPSA) is 89.8 Å². The Morgan fingerprint density at radius 1 is 0.571 bits per heavy atom. The molecule has 0 saturated heterocycles. The molecule has 0 heterocycles. The number of carbonyl (C=O) groups excluding carboxylic acids is 1. The summed E-state index contributed by atoms with van der Waals surface area (Å²) in [7, 11) is 0. The highest BCUT2D eigenvalue weighted by Crippen LogP contribution is 2.15. The Kier molecular flexibility index (Phi) is 32.3. The number of rotatable bonds is 33. The van der Waals surface area contributed by atoms with Gasteiger partial charge in [-0.25, -0.2) is 0 Å². The molecular formula is C37H73NO4. The van der Waals surface area contributed by atoms with Crippen LogP contribution in [-0.2, 0) is 4.79 Å². The van der Waals surface area contributed by atoms with Gasteiger partial charge in [-0.1, -0.05) is 161 Å². The lowest BCUT2D eigenvalue weighted by Crippen LogP contribution is -2.50. The van der Waals surface area contributed by atoms with Gasteiger partial charge in [-0.2, -0.15) is 0 Å². The lowest BCUT2D eigenvalue weighted by atomic mass is 9.99. The molecule has 0 spiro atoms. The molecule has 0 fully saturated rings. The second kappa shape index (κ2) is 33.0. The van der Waals surface area contributed by atoms with Gasteiger partial charge in [0.25, 0.3) is 0 Å². The smallest absolute Gasteiger partial charge is 0.220 e. The van der Waals surface area contributed by atoms with Gasteiger partial charge in [-0.15, -0.1) is 0 Å². The molecule has 1 amide bonds. The predicted molar refractivity (Wildman–Crippen MR) is 181 cm³/mol. The first kappa shape index (κ1) is 41.1. The van der Waals surface area contributed by atoms with Crippen LogP contribution in [0, 0.1) is 0 Å². The normalized spacial score (nSPS) is 13.9. The summed E-state index contributed by atoms with van der Waals surface area (Å²) in [6.45, 7) is 4.15. The fourth-order valence-corrected chi connectivity index (χ4v) is 5.68. The molecule has 250 valence electrons. The molecule has 4 N–H and O–H groups in total. The average Bonchev–Trinajstić information content (AvgIpc) is 2.99. The molecule has 0 radical (unpaired) electrons. The monoisotopic (exact) mass is 596 g/mol. The molecule has 0 aromatic heterocycles. The summed E-state index contributed by atoms with van der Waals surface area (Å²) in [4.78, 5) is 12.3. The van der Waals surface area contributed by atoms with Gasteiger partial charge in [-0.3, -0.25) is 4.79 Å². The lowest BCUT2D eigenvalue weighted by molar-refractivity contribution is -0.124. The first-order valence-corrected chi connectivity index (χ1v) is 18.5.